The molecule has 0 aliphatic carbocycles. The van der Waals surface area contributed by atoms with Crippen LogP contribution in [0.5, 0.6) is 0 Å². The minimum Gasteiger partial charge on any atom is -0.480 e. The summed E-state index contributed by atoms with van der Waals surface area (Å²) >= 11 is 0. The number of amides is 1. The highest BCUT2D eigenvalue weighted by atomic mass is 31.2. The molecule has 11 nitrogen and oxygen atoms in total. The second-order valence-corrected chi connectivity index (χ2v) is 15.6. The lowest BCUT2D eigenvalue weighted by molar-refractivity contribution is -0.147. The number of rotatable bonds is 39. The zero-order chi connectivity index (χ0) is 42.1. The van der Waals surface area contributed by atoms with Gasteiger partial charge in [0, 0.05) is 12.8 Å². The Kier molecular flexibility index (Phi) is 37.6. The number of carbonyl (C=O) groups is 3. The van der Waals surface area contributed by atoms with Crippen LogP contribution in [0, 0.1) is 0 Å². The highest BCUT2D eigenvalue weighted by Crippen LogP contribution is 2.43. The number of carboxylic acids is 1. The number of aliphatic hydroxyl groups is 1. The van der Waals surface area contributed by atoms with Crippen LogP contribution in [0.2, 0.25) is 0 Å². The van der Waals surface area contributed by atoms with Crippen molar-refractivity contribution in [3.05, 3.63) is 72.9 Å². The maximum absolute atomic E-state index is 12.3. The minimum absolute atomic E-state index is 0.130. The summed E-state index contributed by atoms with van der Waals surface area (Å²) in [5.74, 6) is -2.43. The number of ether oxygens (including phenoxy) is 1. The van der Waals surface area contributed by atoms with Crippen molar-refractivity contribution >= 4 is 25.7 Å². The standard InChI is InChI=1S/C45H76NO10P/c1-3-5-7-9-11-13-15-17-19-20-21-22-23-25-27-29-31-33-35-37-44(49)54-38-41(47)39-55-57(52,53)56-40-42(45(50)51)46-43(48)36-34-32-30-28-26-24-18-16-14-12-10-8-6-4-2/h5,7,11,13,16-19,21-22,25,27,41-42,47H,3-4,6,8-10,12,14-15,20,23-24,26,28-40H2,1-2H3,(H,46,48)(H,50,51)(H,52,53)/b7-5-,13-11-,18-16-,19-17-,22-21-,27-25-. The van der Waals surface area contributed by atoms with Crippen LogP contribution >= 0.6 is 7.82 Å². The average molecular weight is 822 g/mol. The van der Waals surface area contributed by atoms with Gasteiger partial charge in [0.05, 0.1) is 13.2 Å². The van der Waals surface area contributed by atoms with Crippen molar-refractivity contribution in [3.63, 3.8) is 0 Å². The van der Waals surface area contributed by atoms with Crippen LogP contribution in [0.1, 0.15) is 162 Å². The number of aliphatic carboxylic acids is 1. The van der Waals surface area contributed by atoms with Crippen molar-refractivity contribution in [3.8, 4) is 0 Å². The van der Waals surface area contributed by atoms with Gasteiger partial charge in [-0.15, -0.1) is 0 Å². The van der Waals surface area contributed by atoms with Crippen molar-refractivity contribution in [1.82, 2.24) is 5.32 Å². The summed E-state index contributed by atoms with van der Waals surface area (Å²) in [5, 5.41) is 21.8. The van der Waals surface area contributed by atoms with Crippen LogP contribution < -0.4 is 5.32 Å². The Hall–Kier alpha value is -3.08. The number of hydrogen-bond acceptors (Lipinski definition) is 8. The predicted octanol–water partition coefficient (Wildman–Crippen LogP) is 10.9. The van der Waals surface area contributed by atoms with E-state index in [1.165, 1.54) is 32.1 Å². The Morgan fingerprint density at radius 3 is 1.56 bits per heavy atom. The first kappa shape index (κ1) is 53.9. The number of phosphoric acid groups is 1. The molecule has 0 spiro atoms. The van der Waals surface area contributed by atoms with Crippen molar-refractivity contribution in [1.29, 1.82) is 0 Å². The molecule has 0 aliphatic rings. The molecular weight excluding hydrogens is 745 g/mol. The average Bonchev–Trinajstić information content (AvgIpc) is 3.18. The molecule has 326 valence electrons. The van der Waals surface area contributed by atoms with Crippen molar-refractivity contribution < 1.29 is 47.8 Å². The first-order valence-corrected chi connectivity index (χ1v) is 23.0. The van der Waals surface area contributed by atoms with Crippen molar-refractivity contribution in [2.45, 2.75) is 174 Å². The molecule has 57 heavy (non-hydrogen) atoms. The summed E-state index contributed by atoms with van der Waals surface area (Å²) in [7, 11) is -4.77. The number of phosphoric ester groups is 1. The summed E-state index contributed by atoms with van der Waals surface area (Å²) in [6.45, 7) is 2.41. The van der Waals surface area contributed by atoms with Gasteiger partial charge >= 0.3 is 19.8 Å². The van der Waals surface area contributed by atoms with E-state index in [9.17, 15) is 34.1 Å². The fraction of sp³-hybridized carbons (Fsp3) is 0.667. The quantitative estimate of drug-likeness (QED) is 0.0203. The smallest absolute Gasteiger partial charge is 0.472 e. The predicted molar refractivity (Wildman–Crippen MR) is 231 cm³/mol. The van der Waals surface area contributed by atoms with Crippen LogP contribution in [-0.4, -0.2) is 64.9 Å². The molecule has 0 fully saturated rings. The fourth-order valence-electron chi connectivity index (χ4n) is 5.39. The highest BCUT2D eigenvalue weighted by Gasteiger charge is 2.28. The summed E-state index contributed by atoms with van der Waals surface area (Å²) in [6.07, 6.45) is 46.4. The number of hydrogen-bond donors (Lipinski definition) is 4. The van der Waals surface area contributed by atoms with Crippen LogP contribution in [0.3, 0.4) is 0 Å². The zero-order valence-electron chi connectivity index (χ0n) is 35.1. The lowest BCUT2D eigenvalue weighted by Crippen LogP contribution is -2.43. The number of carboxylic acid groups (broad SMARTS) is 1. The third-order valence-electron chi connectivity index (χ3n) is 8.73. The Morgan fingerprint density at radius 1 is 0.579 bits per heavy atom. The summed E-state index contributed by atoms with van der Waals surface area (Å²) < 4.78 is 26.8. The summed E-state index contributed by atoms with van der Waals surface area (Å²) in [6, 6.07) is -1.56. The molecule has 12 heteroatoms. The van der Waals surface area contributed by atoms with E-state index in [-0.39, 0.29) is 12.8 Å². The SMILES string of the molecule is CC/C=C\C/C=C\C/C=C\C/C=C\C/C=C\CCCCCC(=O)OCC(O)COP(=O)(O)OCC(NC(=O)CCCCCCC/C=C\CCCCCCC)C(=O)O. The molecule has 0 aromatic heterocycles. The second kappa shape index (κ2) is 39.7. The molecule has 0 bridgehead atoms. The van der Waals surface area contributed by atoms with Gasteiger partial charge < -0.3 is 25.2 Å². The molecule has 0 heterocycles. The van der Waals surface area contributed by atoms with E-state index in [0.29, 0.717) is 12.8 Å². The molecule has 1 amide bonds. The van der Waals surface area contributed by atoms with E-state index in [2.05, 4.69) is 92.1 Å². The Bertz CT molecular complexity index is 1240. The van der Waals surface area contributed by atoms with Crippen LogP contribution in [0.15, 0.2) is 72.9 Å². The Balaban J connectivity index is 3.98. The summed E-state index contributed by atoms with van der Waals surface area (Å²) in [4.78, 5) is 45.9. The van der Waals surface area contributed by atoms with E-state index in [1.54, 1.807) is 0 Å². The normalized spacial score (nSPS) is 14.5. The van der Waals surface area contributed by atoms with Gasteiger partial charge in [0.15, 0.2) is 6.04 Å². The van der Waals surface area contributed by atoms with E-state index in [1.807, 2.05) is 0 Å². The first-order chi connectivity index (χ1) is 27.6. The lowest BCUT2D eigenvalue weighted by atomic mass is 10.1. The van der Waals surface area contributed by atoms with Gasteiger partial charge in [0.1, 0.15) is 12.7 Å². The lowest BCUT2D eigenvalue weighted by Gasteiger charge is -2.18. The Morgan fingerprint density at radius 2 is 1.02 bits per heavy atom. The van der Waals surface area contributed by atoms with Crippen molar-refractivity contribution in [2.75, 3.05) is 19.8 Å². The van der Waals surface area contributed by atoms with Gasteiger partial charge in [0.2, 0.25) is 5.91 Å². The van der Waals surface area contributed by atoms with Gasteiger partial charge in [-0.25, -0.2) is 9.36 Å². The molecule has 0 radical (unpaired) electrons. The molecular formula is C45H76NO10P. The first-order valence-electron chi connectivity index (χ1n) is 21.5. The minimum atomic E-state index is -4.77. The van der Waals surface area contributed by atoms with Crippen LogP contribution in [-0.2, 0) is 32.7 Å². The van der Waals surface area contributed by atoms with Crippen molar-refractivity contribution in [2.24, 2.45) is 0 Å². The van der Waals surface area contributed by atoms with Gasteiger partial charge in [-0.2, -0.15) is 0 Å². The molecule has 4 N–H and O–H groups in total. The van der Waals surface area contributed by atoms with E-state index in [4.69, 9.17) is 13.8 Å². The monoisotopic (exact) mass is 822 g/mol. The molecule has 0 aromatic carbocycles. The maximum atomic E-state index is 12.3. The number of aliphatic hydroxyl groups excluding tert-OH is 1. The molecule has 0 saturated heterocycles. The molecule has 0 aromatic rings. The summed E-state index contributed by atoms with van der Waals surface area (Å²) in [5.41, 5.74) is 0. The van der Waals surface area contributed by atoms with E-state index < -0.39 is 57.6 Å². The molecule has 0 rings (SSSR count). The van der Waals surface area contributed by atoms with E-state index in [0.717, 1.165) is 89.9 Å². The Labute approximate surface area is 344 Å². The number of esters is 1. The van der Waals surface area contributed by atoms with Crippen LogP contribution in [0.4, 0.5) is 0 Å². The molecule has 0 aliphatic heterocycles. The molecule has 3 unspecified atom stereocenters. The second-order valence-electron chi connectivity index (χ2n) is 14.1. The largest absolute Gasteiger partial charge is 0.480 e. The number of allylic oxidation sites excluding steroid dienone is 12. The number of carbonyl (C=O) groups excluding carboxylic acids is 2. The zero-order valence-corrected chi connectivity index (χ0v) is 36.0. The van der Waals surface area contributed by atoms with Crippen LogP contribution in [0.25, 0.3) is 0 Å². The van der Waals surface area contributed by atoms with Gasteiger partial charge in [-0.3, -0.25) is 18.6 Å². The molecule has 0 saturated carbocycles. The maximum Gasteiger partial charge on any atom is 0.472 e. The van der Waals surface area contributed by atoms with Gasteiger partial charge in [-0.1, -0.05) is 138 Å². The van der Waals surface area contributed by atoms with Gasteiger partial charge in [0.25, 0.3) is 0 Å². The number of nitrogens with one attached hydrogen (secondary N) is 1. The third-order valence-corrected chi connectivity index (χ3v) is 9.68. The van der Waals surface area contributed by atoms with E-state index >= 15 is 0 Å². The fourth-order valence-corrected chi connectivity index (χ4v) is 6.17. The van der Waals surface area contributed by atoms with Gasteiger partial charge in [-0.05, 0) is 83.5 Å². The topological polar surface area (TPSA) is 169 Å². The highest BCUT2D eigenvalue weighted by molar-refractivity contribution is 7.47. The third kappa shape index (κ3) is 39.5. The number of unbranched alkanes of at least 4 members (excludes halogenated alkanes) is 13. The molecule has 3 atom stereocenters.